The Morgan fingerprint density at radius 3 is 2.50 bits per heavy atom. The van der Waals surface area contributed by atoms with E-state index < -0.39 is 0 Å². The van der Waals surface area contributed by atoms with Gasteiger partial charge in [0.25, 0.3) is 0 Å². The van der Waals surface area contributed by atoms with Crippen molar-refractivity contribution in [1.29, 1.82) is 5.26 Å². The average Bonchev–Trinajstić information content (AvgIpc) is 2.88. The summed E-state index contributed by atoms with van der Waals surface area (Å²) in [5.74, 6) is -0.163. The number of thiophene rings is 1. The molecule has 0 N–H and O–H groups in total. The van der Waals surface area contributed by atoms with E-state index in [1.807, 2.05) is 20.4 Å². The van der Waals surface area contributed by atoms with Gasteiger partial charge in [-0.15, -0.1) is 23.1 Å². The van der Waals surface area contributed by atoms with Gasteiger partial charge >= 0.3 is 0 Å². The summed E-state index contributed by atoms with van der Waals surface area (Å²) >= 11 is 14.7. The molecule has 114 valence electrons. The topological polar surface area (TPSA) is 44.1 Å². The van der Waals surface area contributed by atoms with E-state index >= 15 is 0 Å². The molecule has 0 amide bonds. The molecule has 1 heterocycles. The second-order valence-electron chi connectivity index (χ2n) is 4.61. The van der Waals surface area contributed by atoms with Crippen LogP contribution in [-0.2, 0) is 0 Å². The summed E-state index contributed by atoms with van der Waals surface area (Å²) in [5, 5.41) is 10.1. The van der Waals surface area contributed by atoms with Crippen LogP contribution in [0.2, 0.25) is 10.0 Å². The molecule has 0 aliphatic heterocycles. The molecular formula is C15H12Cl2N2OS2. The molecule has 0 radical (unpaired) electrons. The molecule has 0 fully saturated rings. The van der Waals surface area contributed by atoms with E-state index in [0.717, 1.165) is 4.21 Å². The predicted molar refractivity (Wildman–Crippen MR) is 95.0 cm³/mol. The van der Waals surface area contributed by atoms with Crippen LogP contribution in [0.25, 0.3) is 0 Å². The quantitative estimate of drug-likeness (QED) is 0.564. The van der Waals surface area contributed by atoms with Crippen LogP contribution in [0.1, 0.15) is 20.8 Å². The summed E-state index contributed by atoms with van der Waals surface area (Å²) in [6, 6.07) is 6.98. The second-order valence-corrected chi connectivity index (χ2v) is 7.52. The lowest BCUT2D eigenvalue weighted by molar-refractivity contribution is 0.104. The fraction of sp³-hybridized carbons (Fsp3) is 0.200. The number of nitrogens with zero attached hydrogens (tertiary/aromatic N) is 2. The molecule has 0 saturated carbocycles. The Morgan fingerprint density at radius 1 is 1.32 bits per heavy atom. The molecule has 2 rings (SSSR count). The third-order valence-corrected chi connectivity index (χ3v) is 6.02. The molecule has 0 aliphatic rings. The van der Waals surface area contributed by atoms with E-state index in [4.69, 9.17) is 23.2 Å². The van der Waals surface area contributed by atoms with E-state index in [9.17, 15) is 10.1 Å². The second kappa shape index (κ2) is 6.93. The SMILES string of the molecule is CSc1sc(C(=O)c2ccc(Cl)c(Cl)c2)c(N(C)C)c1C#N. The van der Waals surface area contributed by atoms with Crippen LogP contribution >= 0.6 is 46.3 Å². The van der Waals surface area contributed by atoms with E-state index in [2.05, 4.69) is 6.07 Å². The highest BCUT2D eigenvalue weighted by atomic mass is 35.5. The highest BCUT2D eigenvalue weighted by Crippen LogP contribution is 2.41. The summed E-state index contributed by atoms with van der Waals surface area (Å²) < 4.78 is 0.828. The Bertz CT molecular complexity index is 779. The van der Waals surface area contributed by atoms with Gasteiger partial charge in [-0.3, -0.25) is 4.79 Å². The molecular weight excluding hydrogens is 359 g/mol. The molecule has 0 atom stereocenters. The van der Waals surface area contributed by atoms with E-state index in [-0.39, 0.29) is 5.78 Å². The summed E-state index contributed by atoms with van der Waals surface area (Å²) in [7, 11) is 3.64. The van der Waals surface area contributed by atoms with Crippen LogP contribution < -0.4 is 4.90 Å². The van der Waals surface area contributed by atoms with Gasteiger partial charge in [0, 0.05) is 19.7 Å². The van der Waals surface area contributed by atoms with Gasteiger partial charge in [0.2, 0.25) is 5.78 Å². The zero-order valence-corrected chi connectivity index (χ0v) is 15.3. The standard InChI is InChI=1S/C15H12Cl2N2OS2/c1-19(2)12-9(7-18)15(21-3)22-14(12)13(20)8-4-5-10(16)11(17)6-8/h4-6H,1-3H3. The van der Waals surface area contributed by atoms with Gasteiger partial charge in [0.05, 0.1) is 19.9 Å². The van der Waals surface area contributed by atoms with Crippen molar-refractivity contribution in [3.63, 3.8) is 0 Å². The van der Waals surface area contributed by atoms with Gasteiger partial charge in [-0.05, 0) is 24.5 Å². The van der Waals surface area contributed by atoms with Crippen molar-refractivity contribution in [1.82, 2.24) is 0 Å². The lowest BCUT2D eigenvalue weighted by Crippen LogP contribution is -2.13. The summed E-state index contributed by atoms with van der Waals surface area (Å²) in [5.41, 5.74) is 1.63. The molecule has 0 bridgehead atoms. The van der Waals surface area contributed by atoms with Gasteiger partial charge < -0.3 is 4.90 Å². The minimum atomic E-state index is -0.163. The number of anilines is 1. The minimum Gasteiger partial charge on any atom is -0.375 e. The maximum atomic E-state index is 12.8. The number of nitriles is 1. The molecule has 1 aromatic heterocycles. The zero-order valence-electron chi connectivity index (χ0n) is 12.1. The largest absolute Gasteiger partial charge is 0.375 e. The van der Waals surface area contributed by atoms with Gasteiger partial charge in [-0.25, -0.2) is 0 Å². The third kappa shape index (κ3) is 3.11. The molecule has 0 aliphatic carbocycles. The van der Waals surface area contributed by atoms with Crippen molar-refractivity contribution in [2.45, 2.75) is 4.21 Å². The van der Waals surface area contributed by atoms with Crippen LogP contribution in [0.15, 0.2) is 22.4 Å². The fourth-order valence-corrected chi connectivity index (χ4v) is 4.24. The van der Waals surface area contributed by atoms with Crippen molar-refractivity contribution >= 4 is 57.8 Å². The van der Waals surface area contributed by atoms with Crippen LogP contribution in [0.5, 0.6) is 0 Å². The fourth-order valence-electron chi connectivity index (χ4n) is 1.99. The Balaban J connectivity index is 2.61. The Hall–Kier alpha value is -1.19. The van der Waals surface area contributed by atoms with E-state index in [1.54, 1.807) is 23.1 Å². The zero-order chi connectivity index (χ0) is 16.4. The van der Waals surface area contributed by atoms with Crippen molar-refractivity contribution in [2.24, 2.45) is 0 Å². The Morgan fingerprint density at radius 2 is 2.00 bits per heavy atom. The van der Waals surface area contributed by atoms with Gasteiger partial charge in [-0.1, -0.05) is 23.2 Å². The number of halogens is 2. The number of thioether (sulfide) groups is 1. The lowest BCUT2D eigenvalue weighted by Gasteiger charge is -2.13. The summed E-state index contributed by atoms with van der Waals surface area (Å²) in [6.07, 6.45) is 1.89. The highest BCUT2D eigenvalue weighted by molar-refractivity contribution is 8.00. The van der Waals surface area contributed by atoms with Gasteiger partial charge in [-0.2, -0.15) is 5.26 Å². The number of hydrogen-bond acceptors (Lipinski definition) is 5. The first-order chi connectivity index (χ1) is 10.4. The van der Waals surface area contributed by atoms with Crippen LogP contribution in [0.4, 0.5) is 5.69 Å². The average molecular weight is 371 g/mol. The molecule has 0 spiro atoms. The molecule has 1 aromatic carbocycles. The van der Waals surface area contributed by atoms with Gasteiger partial charge in [0.1, 0.15) is 16.5 Å². The first-order valence-electron chi connectivity index (χ1n) is 6.18. The number of carbonyl (C=O) groups is 1. The summed E-state index contributed by atoms with van der Waals surface area (Å²) in [4.78, 5) is 15.1. The monoisotopic (exact) mass is 370 g/mol. The highest BCUT2D eigenvalue weighted by Gasteiger charge is 2.25. The van der Waals surface area contributed by atoms with E-state index in [1.165, 1.54) is 23.1 Å². The van der Waals surface area contributed by atoms with Gasteiger partial charge in [0.15, 0.2) is 0 Å². The smallest absolute Gasteiger partial charge is 0.205 e. The summed E-state index contributed by atoms with van der Waals surface area (Å²) in [6.45, 7) is 0. The molecule has 22 heavy (non-hydrogen) atoms. The number of rotatable bonds is 4. The van der Waals surface area contributed by atoms with Crippen molar-refractivity contribution in [3.05, 3.63) is 44.2 Å². The maximum absolute atomic E-state index is 12.8. The molecule has 3 nitrogen and oxygen atoms in total. The predicted octanol–water partition coefficient (Wildman–Crippen LogP) is 4.95. The van der Waals surface area contributed by atoms with Crippen molar-refractivity contribution in [2.75, 3.05) is 25.3 Å². The molecule has 0 saturated heterocycles. The number of carbonyl (C=O) groups excluding carboxylic acids is 1. The minimum absolute atomic E-state index is 0.163. The molecule has 7 heteroatoms. The van der Waals surface area contributed by atoms with E-state index in [0.29, 0.717) is 31.7 Å². The third-order valence-electron chi connectivity index (χ3n) is 2.98. The van der Waals surface area contributed by atoms with Crippen LogP contribution in [-0.4, -0.2) is 26.1 Å². The Kier molecular flexibility index (Phi) is 5.41. The number of benzene rings is 1. The normalized spacial score (nSPS) is 10.4. The van der Waals surface area contributed by atoms with Crippen molar-refractivity contribution in [3.8, 4) is 6.07 Å². The first kappa shape index (κ1) is 17.2. The molecule has 0 unspecified atom stereocenters. The number of hydrogen-bond donors (Lipinski definition) is 0. The Labute approximate surface area is 147 Å². The first-order valence-corrected chi connectivity index (χ1v) is 8.98. The van der Waals surface area contributed by atoms with Crippen LogP contribution in [0, 0.1) is 11.3 Å². The maximum Gasteiger partial charge on any atom is 0.205 e. The number of ketones is 1. The van der Waals surface area contributed by atoms with Crippen molar-refractivity contribution < 1.29 is 4.79 Å². The van der Waals surface area contributed by atoms with Crippen LogP contribution in [0.3, 0.4) is 0 Å². The molecule has 2 aromatic rings. The lowest BCUT2D eigenvalue weighted by atomic mass is 10.1.